The Balaban J connectivity index is 1.58. The number of nitrogens with zero attached hydrogens (tertiary/aromatic N) is 1. The zero-order chi connectivity index (χ0) is 20.3. The lowest BCUT2D eigenvalue weighted by atomic mass is 10.1. The number of carbonyl (C=O) groups excluding carboxylic acids is 3. The Morgan fingerprint density at radius 1 is 1.25 bits per heavy atom. The summed E-state index contributed by atoms with van der Waals surface area (Å²) >= 11 is 1.42. The number of esters is 1. The third-order valence-electron chi connectivity index (χ3n) is 4.56. The molecular formula is C20H22N2O5S. The Morgan fingerprint density at radius 3 is 2.68 bits per heavy atom. The van der Waals surface area contributed by atoms with Gasteiger partial charge in [-0.15, -0.1) is 11.8 Å². The van der Waals surface area contributed by atoms with E-state index in [1.807, 2.05) is 26.0 Å². The molecule has 0 radical (unpaired) electrons. The Labute approximate surface area is 167 Å². The molecule has 28 heavy (non-hydrogen) atoms. The molecule has 1 saturated heterocycles. The maximum Gasteiger partial charge on any atom is 0.330 e. The molecule has 2 atom stereocenters. The topological polar surface area (TPSA) is 88.8 Å². The zero-order valence-corrected chi connectivity index (χ0v) is 16.7. The highest BCUT2D eigenvalue weighted by Gasteiger charge is 2.43. The van der Waals surface area contributed by atoms with Crippen LogP contribution in [0.25, 0.3) is 0 Å². The third kappa shape index (κ3) is 4.39. The summed E-state index contributed by atoms with van der Waals surface area (Å²) in [6, 6.07) is 8.29. The second kappa shape index (κ2) is 8.52. The van der Waals surface area contributed by atoms with E-state index in [2.05, 4.69) is 5.32 Å². The summed E-state index contributed by atoms with van der Waals surface area (Å²) in [6.45, 7) is 4.92. The quantitative estimate of drug-likeness (QED) is 0.774. The Morgan fingerprint density at radius 2 is 2.04 bits per heavy atom. The average molecular weight is 402 g/mol. The lowest BCUT2D eigenvalue weighted by Gasteiger charge is -2.25. The molecule has 0 spiro atoms. The Kier molecular flexibility index (Phi) is 6.08. The molecule has 148 valence electrons. The van der Waals surface area contributed by atoms with Crippen molar-refractivity contribution in [2.24, 2.45) is 0 Å². The van der Waals surface area contributed by atoms with E-state index in [4.69, 9.17) is 9.15 Å². The van der Waals surface area contributed by atoms with Gasteiger partial charge in [-0.05, 0) is 49.2 Å². The number of furan rings is 1. The van der Waals surface area contributed by atoms with E-state index in [1.165, 1.54) is 29.8 Å². The van der Waals surface area contributed by atoms with Crippen LogP contribution < -0.4 is 5.32 Å². The van der Waals surface area contributed by atoms with Crippen LogP contribution in [0.1, 0.15) is 29.2 Å². The highest BCUT2D eigenvalue weighted by molar-refractivity contribution is 7.99. The number of benzene rings is 1. The van der Waals surface area contributed by atoms with Crippen molar-refractivity contribution in [3.8, 4) is 0 Å². The van der Waals surface area contributed by atoms with Gasteiger partial charge in [0.2, 0.25) is 5.91 Å². The fourth-order valence-corrected chi connectivity index (χ4v) is 4.39. The van der Waals surface area contributed by atoms with Crippen LogP contribution in [0.5, 0.6) is 0 Å². The fourth-order valence-electron chi connectivity index (χ4n) is 2.97. The lowest BCUT2D eigenvalue weighted by molar-refractivity contribution is -0.155. The van der Waals surface area contributed by atoms with Crippen molar-refractivity contribution < 1.29 is 23.5 Å². The highest BCUT2D eigenvalue weighted by atomic mass is 32.2. The molecule has 0 aliphatic carbocycles. The summed E-state index contributed by atoms with van der Waals surface area (Å²) in [5.41, 5.74) is 2.82. The zero-order valence-electron chi connectivity index (χ0n) is 15.9. The van der Waals surface area contributed by atoms with Crippen LogP contribution in [0.2, 0.25) is 0 Å². The van der Waals surface area contributed by atoms with Gasteiger partial charge in [0, 0.05) is 18.4 Å². The summed E-state index contributed by atoms with van der Waals surface area (Å²) in [4.78, 5) is 38.1. The van der Waals surface area contributed by atoms with Crippen molar-refractivity contribution >= 4 is 35.2 Å². The normalized spacial score (nSPS) is 18.8. The van der Waals surface area contributed by atoms with Crippen molar-refractivity contribution in [1.82, 2.24) is 4.90 Å². The first-order valence-corrected chi connectivity index (χ1v) is 9.89. The van der Waals surface area contributed by atoms with Crippen LogP contribution >= 0.6 is 11.8 Å². The standard InChI is InChI=1S/C20H22N2O5S/c1-12-6-7-15(9-13(12)2)21-18(24)10-27-20(25)16-11-28-19(22(16)14(3)23)17-5-4-8-26-17/h4-9,16,19H,10-11H2,1-3H3,(H,21,24)/t16-,19+/m0/s1. The number of ether oxygens (including phenoxy) is 1. The number of nitrogens with one attached hydrogen (secondary N) is 1. The smallest absolute Gasteiger partial charge is 0.330 e. The molecule has 2 heterocycles. The van der Waals surface area contributed by atoms with Crippen LogP contribution in [0.3, 0.4) is 0 Å². The first-order valence-electron chi connectivity index (χ1n) is 8.84. The minimum absolute atomic E-state index is 0.257. The third-order valence-corrected chi connectivity index (χ3v) is 5.84. The van der Waals surface area contributed by atoms with Gasteiger partial charge in [-0.1, -0.05) is 6.07 Å². The van der Waals surface area contributed by atoms with Crippen LogP contribution in [-0.4, -0.2) is 41.1 Å². The molecule has 1 aromatic carbocycles. The number of hydrogen-bond acceptors (Lipinski definition) is 6. The van der Waals surface area contributed by atoms with E-state index in [9.17, 15) is 14.4 Å². The van der Waals surface area contributed by atoms with Gasteiger partial charge >= 0.3 is 5.97 Å². The number of anilines is 1. The van der Waals surface area contributed by atoms with E-state index in [1.54, 1.807) is 18.2 Å². The average Bonchev–Trinajstić information content (AvgIpc) is 3.31. The van der Waals surface area contributed by atoms with E-state index < -0.39 is 24.5 Å². The predicted octanol–water partition coefficient (Wildman–Crippen LogP) is 3.04. The van der Waals surface area contributed by atoms with Gasteiger partial charge < -0.3 is 19.4 Å². The van der Waals surface area contributed by atoms with Gasteiger partial charge in [0.15, 0.2) is 6.61 Å². The molecule has 1 aromatic heterocycles. The van der Waals surface area contributed by atoms with Crippen molar-refractivity contribution in [2.45, 2.75) is 32.2 Å². The predicted molar refractivity (Wildman–Crippen MR) is 106 cm³/mol. The second-order valence-corrected chi connectivity index (χ2v) is 7.71. The highest BCUT2D eigenvalue weighted by Crippen LogP contribution is 2.41. The monoisotopic (exact) mass is 402 g/mol. The van der Waals surface area contributed by atoms with Crippen LogP contribution in [0, 0.1) is 13.8 Å². The summed E-state index contributed by atoms with van der Waals surface area (Å²) in [7, 11) is 0. The SMILES string of the molecule is CC(=O)N1[C@@H](c2ccco2)SC[C@H]1C(=O)OCC(=O)Nc1ccc(C)c(C)c1. The maximum absolute atomic E-state index is 12.5. The molecule has 8 heteroatoms. The van der Waals surface area contributed by atoms with Crippen LogP contribution in [0.4, 0.5) is 5.69 Å². The molecule has 1 aliphatic heterocycles. The molecule has 0 bridgehead atoms. The number of rotatable bonds is 5. The molecule has 2 amide bonds. The van der Waals surface area contributed by atoms with Gasteiger partial charge in [-0.25, -0.2) is 4.79 Å². The molecule has 0 unspecified atom stereocenters. The van der Waals surface area contributed by atoms with Crippen molar-refractivity contribution in [1.29, 1.82) is 0 Å². The van der Waals surface area contributed by atoms with E-state index in [-0.39, 0.29) is 11.3 Å². The van der Waals surface area contributed by atoms with Crippen LogP contribution in [0.15, 0.2) is 41.0 Å². The van der Waals surface area contributed by atoms with Crippen molar-refractivity contribution in [3.05, 3.63) is 53.5 Å². The lowest BCUT2D eigenvalue weighted by Crippen LogP contribution is -2.43. The number of amides is 2. The van der Waals surface area contributed by atoms with Gasteiger partial charge in [0.05, 0.1) is 6.26 Å². The van der Waals surface area contributed by atoms with Crippen molar-refractivity contribution in [2.75, 3.05) is 17.7 Å². The number of carbonyl (C=O) groups is 3. The molecule has 1 N–H and O–H groups in total. The van der Waals surface area contributed by atoms with E-state index in [0.29, 0.717) is 17.2 Å². The fraction of sp³-hybridized carbons (Fsp3) is 0.350. The summed E-state index contributed by atoms with van der Waals surface area (Å²) < 4.78 is 10.5. The molecule has 2 aromatic rings. The number of thioether (sulfide) groups is 1. The summed E-state index contributed by atoms with van der Waals surface area (Å²) in [5.74, 6) is -0.315. The minimum atomic E-state index is -0.757. The van der Waals surface area contributed by atoms with Gasteiger partial charge in [-0.3, -0.25) is 9.59 Å². The molecule has 7 nitrogen and oxygen atoms in total. The molecular weight excluding hydrogens is 380 g/mol. The Bertz CT molecular complexity index is 881. The first-order chi connectivity index (χ1) is 13.4. The molecule has 0 saturated carbocycles. The van der Waals surface area contributed by atoms with E-state index >= 15 is 0 Å². The minimum Gasteiger partial charge on any atom is -0.466 e. The Hall–Kier alpha value is -2.74. The largest absolute Gasteiger partial charge is 0.466 e. The van der Waals surface area contributed by atoms with Crippen LogP contribution in [-0.2, 0) is 19.1 Å². The van der Waals surface area contributed by atoms with E-state index in [0.717, 1.165) is 11.1 Å². The molecule has 3 rings (SSSR count). The maximum atomic E-state index is 12.5. The summed E-state index contributed by atoms with van der Waals surface area (Å²) in [5, 5.41) is 2.32. The number of aryl methyl sites for hydroxylation is 2. The summed E-state index contributed by atoms with van der Waals surface area (Å²) in [6.07, 6.45) is 1.52. The molecule has 1 fully saturated rings. The van der Waals surface area contributed by atoms with Gasteiger partial charge in [0.25, 0.3) is 5.91 Å². The molecule has 1 aliphatic rings. The van der Waals surface area contributed by atoms with Crippen molar-refractivity contribution in [3.63, 3.8) is 0 Å². The second-order valence-electron chi connectivity index (χ2n) is 6.60. The number of hydrogen-bond donors (Lipinski definition) is 1. The van der Waals surface area contributed by atoms with Gasteiger partial charge in [0.1, 0.15) is 17.2 Å². The first kappa shape index (κ1) is 20.0. The van der Waals surface area contributed by atoms with Gasteiger partial charge in [-0.2, -0.15) is 0 Å².